The second kappa shape index (κ2) is 9.38. The van der Waals surface area contributed by atoms with Gasteiger partial charge in [0.05, 0.1) is 36.6 Å². The average molecular weight is 481 g/mol. The fourth-order valence-electron chi connectivity index (χ4n) is 4.84. The van der Waals surface area contributed by atoms with Crippen LogP contribution in [0, 0.1) is 0 Å². The number of methoxy groups -OCH3 is 2. The van der Waals surface area contributed by atoms with Crippen molar-refractivity contribution < 1.29 is 9.47 Å². The largest absolute Gasteiger partial charge is 0.497 e. The molecule has 0 spiro atoms. The number of hydrogen-bond donors (Lipinski definition) is 2. The minimum Gasteiger partial charge on any atom is -0.497 e. The van der Waals surface area contributed by atoms with E-state index >= 15 is 0 Å². The van der Waals surface area contributed by atoms with E-state index in [9.17, 15) is 9.59 Å². The highest BCUT2D eigenvalue weighted by atomic mass is 16.5. The minimum atomic E-state index is -0.0367. The monoisotopic (exact) mass is 480 g/mol. The van der Waals surface area contributed by atoms with Gasteiger partial charge in [-0.05, 0) is 84.6 Å². The summed E-state index contributed by atoms with van der Waals surface area (Å²) in [6.07, 6.45) is 1.15. The van der Waals surface area contributed by atoms with Gasteiger partial charge in [0.25, 0.3) is 0 Å². The molecule has 182 valence electrons. The maximum Gasteiger partial charge on any atom is 0.193 e. The highest BCUT2D eigenvalue weighted by molar-refractivity contribution is 5.97. The molecule has 0 aliphatic heterocycles. The third kappa shape index (κ3) is 3.85. The van der Waals surface area contributed by atoms with Gasteiger partial charge in [-0.3, -0.25) is 9.59 Å². The predicted octanol–water partition coefficient (Wildman–Crippen LogP) is 5.85. The number of ether oxygens (including phenoxy) is 2. The van der Waals surface area contributed by atoms with Crippen LogP contribution < -0.4 is 20.3 Å². The molecule has 3 aromatic carbocycles. The molecular weight excluding hydrogens is 452 g/mol. The Morgan fingerprint density at radius 3 is 1.28 bits per heavy atom. The van der Waals surface area contributed by atoms with Crippen molar-refractivity contribution in [3.05, 3.63) is 92.2 Å². The summed E-state index contributed by atoms with van der Waals surface area (Å²) in [7, 11) is 3.25. The Morgan fingerprint density at radius 2 is 0.972 bits per heavy atom. The molecule has 2 heterocycles. The van der Waals surface area contributed by atoms with Gasteiger partial charge in [0, 0.05) is 21.9 Å². The molecule has 6 heteroatoms. The van der Waals surface area contributed by atoms with Crippen LogP contribution in [0.1, 0.15) is 25.0 Å². The van der Waals surface area contributed by atoms with E-state index in [1.54, 1.807) is 26.4 Å². The van der Waals surface area contributed by atoms with E-state index in [2.05, 4.69) is 9.97 Å². The number of hydrogen-bond acceptors (Lipinski definition) is 4. The van der Waals surface area contributed by atoms with E-state index in [1.165, 1.54) is 0 Å². The van der Waals surface area contributed by atoms with Gasteiger partial charge in [0.1, 0.15) is 11.5 Å². The Bertz CT molecular complexity index is 1570. The Morgan fingerprint density at radius 1 is 0.611 bits per heavy atom. The number of H-pyrrole nitrogens is 2. The normalized spacial score (nSPS) is 11.2. The summed E-state index contributed by atoms with van der Waals surface area (Å²) in [6.45, 7) is 3.95. The SMILES string of the molecule is CCc1c(-c2ccc(OC)cc2)[nH]c2cc3c(=O)c(CC)c(-c4ccc(OC)cc4)[nH]c3cc2c1=O. The van der Waals surface area contributed by atoms with Crippen LogP contribution in [0.25, 0.3) is 44.3 Å². The maximum absolute atomic E-state index is 13.6. The number of pyridine rings is 2. The highest BCUT2D eigenvalue weighted by Crippen LogP contribution is 2.29. The number of nitrogens with one attached hydrogen (secondary N) is 2. The number of rotatable bonds is 6. The molecule has 0 amide bonds. The summed E-state index contributed by atoms with van der Waals surface area (Å²) in [5, 5.41) is 1.11. The van der Waals surface area contributed by atoms with Crippen LogP contribution in [0.5, 0.6) is 11.5 Å². The van der Waals surface area contributed by atoms with Crippen molar-refractivity contribution in [1.82, 2.24) is 9.97 Å². The number of benzene rings is 3. The molecule has 0 radical (unpaired) electrons. The standard InChI is InChI=1S/C30H28N2O4/c1-5-21-27(17-7-11-19(35-3)12-8-17)31-25-16-24-26(15-23(25)29(21)33)32-28(22(6-2)30(24)34)18-9-13-20(36-4)14-10-18/h7-16H,5-6H2,1-4H3,(H,31,33)(H,32,34). The summed E-state index contributed by atoms with van der Waals surface area (Å²) in [4.78, 5) is 34.1. The fourth-order valence-corrected chi connectivity index (χ4v) is 4.84. The third-order valence-corrected chi connectivity index (χ3v) is 6.78. The van der Waals surface area contributed by atoms with Gasteiger partial charge in [0.2, 0.25) is 0 Å². The molecule has 0 aliphatic carbocycles. The van der Waals surface area contributed by atoms with Crippen LogP contribution in [-0.4, -0.2) is 24.2 Å². The van der Waals surface area contributed by atoms with Gasteiger partial charge in [-0.2, -0.15) is 0 Å². The van der Waals surface area contributed by atoms with Crippen molar-refractivity contribution >= 4 is 21.8 Å². The maximum atomic E-state index is 13.6. The molecule has 2 aromatic heterocycles. The van der Waals surface area contributed by atoms with Gasteiger partial charge in [-0.1, -0.05) is 13.8 Å². The van der Waals surface area contributed by atoms with E-state index in [1.807, 2.05) is 62.4 Å². The zero-order chi connectivity index (χ0) is 25.4. The predicted molar refractivity (Wildman–Crippen MR) is 145 cm³/mol. The number of fused-ring (bicyclic) bond motifs is 2. The lowest BCUT2D eigenvalue weighted by atomic mass is 9.97. The van der Waals surface area contributed by atoms with Crippen LogP contribution in [0.4, 0.5) is 0 Å². The van der Waals surface area contributed by atoms with Gasteiger partial charge < -0.3 is 19.4 Å². The lowest BCUT2D eigenvalue weighted by Crippen LogP contribution is -2.15. The van der Waals surface area contributed by atoms with Gasteiger partial charge in [-0.15, -0.1) is 0 Å². The summed E-state index contributed by atoms with van der Waals surface area (Å²) >= 11 is 0. The zero-order valence-electron chi connectivity index (χ0n) is 20.8. The second-order valence-electron chi connectivity index (χ2n) is 8.72. The Kier molecular flexibility index (Phi) is 6.10. The first kappa shape index (κ1) is 23.4. The highest BCUT2D eigenvalue weighted by Gasteiger charge is 2.17. The molecule has 0 saturated heterocycles. The first-order valence-corrected chi connectivity index (χ1v) is 12.1. The first-order chi connectivity index (χ1) is 17.5. The van der Waals surface area contributed by atoms with E-state index in [0.29, 0.717) is 45.8 Å². The molecule has 5 rings (SSSR count). The summed E-state index contributed by atoms with van der Waals surface area (Å²) in [6, 6.07) is 18.8. The summed E-state index contributed by atoms with van der Waals surface area (Å²) < 4.78 is 10.6. The third-order valence-electron chi connectivity index (χ3n) is 6.78. The molecule has 0 unspecified atom stereocenters. The zero-order valence-corrected chi connectivity index (χ0v) is 20.8. The second-order valence-corrected chi connectivity index (χ2v) is 8.72. The molecule has 5 aromatic rings. The van der Waals surface area contributed by atoms with Crippen LogP contribution in [0.3, 0.4) is 0 Å². The average Bonchev–Trinajstić information content (AvgIpc) is 2.92. The van der Waals surface area contributed by atoms with Crippen LogP contribution >= 0.6 is 0 Å². The number of aromatic nitrogens is 2. The smallest absolute Gasteiger partial charge is 0.193 e. The molecule has 0 fully saturated rings. The molecule has 0 bridgehead atoms. The number of aromatic amines is 2. The van der Waals surface area contributed by atoms with Gasteiger partial charge in [0.15, 0.2) is 10.9 Å². The summed E-state index contributed by atoms with van der Waals surface area (Å²) in [5.41, 5.74) is 5.92. The van der Waals surface area contributed by atoms with Crippen molar-refractivity contribution in [2.45, 2.75) is 26.7 Å². The van der Waals surface area contributed by atoms with Crippen molar-refractivity contribution in [2.24, 2.45) is 0 Å². The molecule has 0 aliphatic rings. The molecule has 6 nitrogen and oxygen atoms in total. The molecule has 0 atom stereocenters. The van der Waals surface area contributed by atoms with E-state index in [4.69, 9.17) is 9.47 Å². The van der Waals surface area contributed by atoms with Gasteiger partial charge >= 0.3 is 0 Å². The molecular formula is C30H28N2O4. The van der Waals surface area contributed by atoms with Crippen LogP contribution in [0.2, 0.25) is 0 Å². The Labute approximate surface area is 208 Å². The quantitative estimate of drug-likeness (QED) is 0.299. The van der Waals surface area contributed by atoms with Crippen molar-refractivity contribution in [3.8, 4) is 34.0 Å². The lowest BCUT2D eigenvalue weighted by molar-refractivity contribution is 0.415. The Balaban J connectivity index is 1.77. The summed E-state index contributed by atoms with van der Waals surface area (Å²) in [5.74, 6) is 1.49. The fraction of sp³-hybridized carbons (Fsp3) is 0.200. The van der Waals surface area contributed by atoms with E-state index in [-0.39, 0.29) is 10.9 Å². The first-order valence-electron chi connectivity index (χ1n) is 12.1. The van der Waals surface area contributed by atoms with Gasteiger partial charge in [-0.25, -0.2) is 0 Å². The Hall–Kier alpha value is -4.32. The topological polar surface area (TPSA) is 84.2 Å². The van der Waals surface area contributed by atoms with Crippen LogP contribution in [0.15, 0.2) is 70.3 Å². The molecule has 36 heavy (non-hydrogen) atoms. The molecule has 2 N–H and O–H groups in total. The van der Waals surface area contributed by atoms with E-state index < -0.39 is 0 Å². The van der Waals surface area contributed by atoms with Crippen molar-refractivity contribution in [3.63, 3.8) is 0 Å². The van der Waals surface area contributed by atoms with Crippen LogP contribution in [-0.2, 0) is 12.8 Å². The van der Waals surface area contributed by atoms with Crippen molar-refractivity contribution in [1.29, 1.82) is 0 Å². The van der Waals surface area contributed by atoms with Crippen molar-refractivity contribution in [2.75, 3.05) is 14.2 Å². The van der Waals surface area contributed by atoms with E-state index in [0.717, 1.165) is 34.0 Å². The lowest BCUT2D eigenvalue weighted by Gasteiger charge is -2.14. The molecule has 0 saturated carbocycles. The minimum absolute atomic E-state index is 0.0367.